The van der Waals surface area contributed by atoms with E-state index >= 15 is 0 Å². The lowest BCUT2D eigenvalue weighted by Gasteiger charge is -2.34. The maximum atomic E-state index is 12.8. The van der Waals surface area contributed by atoms with Gasteiger partial charge in [0.15, 0.2) is 0 Å². The molecule has 4 nitrogen and oxygen atoms in total. The van der Waals surface area contributed by atoms with Gasteiger partial charge in [-0.2, -0.15) is 11.8 Å². The minimum Gasteiger partial charge on any atom is -0.384 e. The van der Waals surface area contributed by atoms with E-state index in [0.29, 0.717) is 24.9 Å². The monoisotopic (exact) mass is 374 g/mol. The molecule has 1 aromatic carbocycles. The van der Waals surface area contributed by atoms with Crippen molar-refractivity contribution >= 4 is 17.7 Å². The van der Waals surface area contributed by atoms with E-state index in [0.717, 1.165) is 25.7 Å². The molecule has 4 rings (SSSR count). The molecule has 142 valence electrons. The Morgan fingerprint density at radius 2 is 1.92 bits per heavy atom. The van der Waals surface area contributed by atoms with E-state index in [1.165, 1.54) is 29.9 Å². The van der Waals surface area contributed by atoms with Gasteiger partial charge in [-0.1, -0.05) is 30.3 Å². The summed E-state index contributed by atoms with van der Waals surface area (Å²) in [7, 11) is 1.67. The third-order valence-electron chi connectivity index (χ3n) is 6.38. The quantitative estimate of drug-likeness (QED) is 0.793. The van der Waals surface area contributed by atoms with Crippen molar-refractivity contribution in [2.45, 2.75) is 31.3 Å². The van der Waals surface area contributed by atoms with Gasteiger partial charge < -0.3 is 9.64 Å². The minimum atomic E-state index is 0.230. The highest BCUT2D eigenvalue weighted by Gasteiger charge is 2.49. The first-order chi connectivity index (χ1) is 12.8. The first-order valence-electron chi connectivity index (χ1n) is 9.93. The molecule has 3 saturated heterocycles. The standard InChI is InChI=1S/C21H30N2O2S/c1-25-10-7-20(24)23-14-17-13-22(18-8-11-26-12-9-18)15-19(17)21(23)16-5-3-2-4-6-16/h2-6,17-19,21H,7-15H2,1H3/t17-,19-,21+/m0/s1. The molecule has 0 bridgehead atoms. The average molecular weight is 375 g/mol. The lowest BCUT2D eigenvalue weighted by atomic mass is 9.89. The molecule has 5 heteroatoms. The maximum Gasteiger partial charge on any atom is 0.225 e. The largest absolute Gasteiger partial charge is 0.384 e. The second-order valence-corrected chi connectivity index (χ2v) is 9.09. The van der Waals surface area contributed by atoms with Crippen LogP contribution in [0.5, 0.6) is 0 Å². The van der Waals surface area contributed by atoms with Crippen LogP contribution in [0.15, 0.2) is 30.3 Å². The summed E-state index contributed by atoms with van der Waals surface area (Å²) in [5.74, 6) is 4.04. The van der Waals surface area contributed by atoms with Crippen LogP contribution in [0.4, 0.5) is 0 Å². The van der Waals surface area contributed by atoms with E-state index in [1.807, 2.05) is 0 Å². The van der Waals surface area contributed by atoms with Gasteiger partial charge in [0.1, 0.15) is 0 Å². The van der Waals surface area contributed by atoms with Gasteiger partial charge in [0.25, 0.3) is 0 Å². The molecule has 0 aliphatic carbocycles. The second-order valence-electron chi connectivity index (χ2n) is 7.87. The molecule has 0 saturated carbocycles. The van der Waals surface area contributed by atoms with Crippen molar-refractivity contribution in [2.24, 2.45) is 11.8 Å². The molecule has 3 heterocycles. The fourth-order valence-electron chi connectivity index (χ4n) is 5.09. The molecule has 26 heavy (non-hydrogen) atoms. The van der Waals surface area contributed by atoms with E-state index in [4.69, 9.17) is 4.74 Å². The molecule has 0 unspecified atom stereocenters. The summed E-state index contributed by atoms with van der Waals surface area (Å²) >= 11 is 2.10. The number of carbonyl (C=O) groups excluding carboxylic acids is 1. The van der Waals surface area contributed by atoms with Crippen LogP contribution in [-0.2, 0) is 9.53 Å². The third-order valence-corrected chi connectivity index (χ3v) is 7.43. The summed E-state index contributed by atoms with van der Waals surface area (Å²) in [6.45, 7) is 3.73. The van der Waals surface area contributed by atoms with Crippen molar-refractivity contribution in [3.8, 4) is 0 Å². The molecular weight excluding hydrogens is 344 g/mol. The molecule has 1 amide bonds. The first-order valence-corrected chi connectivity index (χ1v) is 11.1. The van der Waals surface area contributed by atoms with Crippen LogP contribution in [-0.4, -0.2) is 66.6 Å². The van der Waals surface area contributed by atoms with E-state index in [2.05, 4.69) is 51.9 Å². The minimum absolute atomic E-state index is 0.230. The van der Waals surface area contributed by atoms with Crippen molar-refractivity contribution in [3.63, 3.8) is 0 Å². The van der Waals surface area contributed by atoms with Gasteiger partial charge in [-0.3, -0.25) is 9.69 Å². The van der Waals surface area contributed by atoms with Crippen molar-refractivity contribution in [1.29, 1.82) is 0 Å². The number of nitrogens with zero attached hydrogens (tertiary/aromatic N) is 2. The predicted octanol–water partition coefficient (Wildman–Crippen LogP) is 3.05. The van der Waals surface area contributed by atoms with Crippen LogP contribution in [0.25, 0.3) is 0 Å². The molecule has 3 fully saturated rings. The molecule has 3 aliphatic heterocycles. The van der Waals surface area contributed by atoms with Gasteiger partial charge in [0.05, 0.1) is 19.1 Å². The number of thioether (sulfide) groups is 1. The van der Waals surface area contributed by atoms with Gasteiger partial charge in [0.2, 0.25) is 5.91 Å². The van der Waals surface area contributed by atoms with Gasteiger partial charge in [-0.25, -0.2) is 0 Å². The van der Waals surface area contributed by atoms with Crippen LogP contribution in [0.3, 0.4) is 0 Å². The number of carbonyl (C=O) groups is 1. The van der Waals surface area contributed by atoms with Crippen LogP contribution >= 0.6 is 11.8 Å². The van der Waals surface area contributed by atoms with Crippen molar-refractivity contribution < 1.29 is 9.53 Å². The molecule has 1 aromatic rings. The summed E-state index contributed by atoms with van der Waals surface area (Å²) < 4.78 is 5.15. The Kier molecular flexibility index (Phi) is 5.87. The summed E-state index contributed by atoms with van der Waals surface area (Å²) in [5.41, 5.74) is 1.30. The molecule has 0 N–H and O–H groups in total. The van der Waals surface area contributed by atoms with Crippen molar-refractivity contribution in [1.82, 2.24) is 9.80 Å². The number of fused-ring (bicyclic) bond motifs is 1. The number of hydrogen-bond acceptors (Lipinski definition) is 4. The van der Waals surface area contributed by atoms with Crippen molar-refractivity contribution in [3.05, 3.63) is 35.9 Å². The molecule has 0 aromatic heterocycles. The Morgan fingerprint density at radius 3 is 2.65 bits per heavy atom. The van der Waals surface area contributed by atoms with E-state index in [9.17, 15) is 4.79 Å². The van der Waals surface area contributed by atoms with E-state index in [-0.39, 0.29) is 11.9 Å². The lowest BCUT2D eigenvalue weighted by Crippen LogP contribution is -2.40. The maximum absolute atomic E-state index is 12.8. The normalized spacial score (nSPS) is 29.9. The number of ether oxygens (including phenoxy) is 1. The van der Waals surface area contributed by atoms with Gasteiger partial charge in [0, 0.05) is 38.7 Å². The highest BCUT2D eigenvalue weighted by Crippen LogP contribution is 2.46. The molecular formula is C21H30N2O2S. The Hall–Kier alpha value is -1.04. The Labute approximate surface area is 161 Å². The first kappa shape index (κ1) is 18.3. The van der Waals surface area contributed by atoms with Crippen LogP contribution < -0.4 is 0 Å². The van der Waals surface area contributed by atoms with Crippen LogP contribution in [0.1, 0.15) is 30.9 Å². The topological polar surface area (TPSA) is 32.8 Å². The molecule has 3 aliphatic rings. The molecule has 0 radical (unpaired) electrons. The van der Waals surface area contributed by atoms with Gasteiger partial charge >= 0.3 is 0 Å². The fourth-order valence-corrected chi connectivity index (χ4v) is 6.18. The number of methoxy groups -OCH3 is 1. The van der Waals surface area contributed by atoms with Crippen LogP contribution in [0, 0.1) is 11.8 Å². The van der Waals surface area contributed by atoms with Gasteiger partial charge in [-0.05, 0) is 35.8 Å². The Balaban J connectivity index is 1.52. The third kappa shape index (κ3) is 3.67. The smallest absolute Gasteiger partial charge is 0.225 e. The summed E-state index contributed by atoms with van der Waals surface area (Å²) in [5, 5.41) is 0. The number of hydrogen-bond donors (Lipinski definition) is 0. The van der Waals surface area contributed by atoms with Crippen LogP contribution in [0.2, 0.25) is 0 Å². The zero-order chi connectivity index (χ0) is 17.9. The number of likely N-dealkylation sites (tertiary alicyclic amines) is 2. The lowest BCUT2D eigenvalue weighted by molar-refractivity contribution is -0.133. The second kappa shape index (κ2) is 8.32. The summed E-state index contributed by atoms with van der Waals surface area (Å²) in [6.07, 6.45) is 3.15. The number of amides is 1. The zero-order valence-corrected chi connectivity index (χ0v) is 16.5. The van der Waals surface area contributed by atoms with E-state index in [1.54, 1.807) is 7.11 Å². The SMILES string of the molecule is COCCC(=O)N1C[C@@H]2CN(C3CCSCC3)C[C@@H]2[C@H]1c1ccccc1. The summed E-state index contributed by atoms with van der Waals surface area (Å²) in [4.78, 5) is 17.7. The number of benzene rings is 1. The number of rotatable bonds is 5. The van der Waals surface area contributed by atoms with Crippen molar-refractivity contribution in [2.75, 3.05) is 44.9 Å². The Bertz CT molecular complexity index is 605. The zero-order valence-electron chi connectivity index (χ0n) is 15.7. The highest BCUT2D eigenvalue weighted by molar-refractivity contribution is 7.99. The Morgan fingerprint density at radius 1 is 1.15 bits per heavy atom. The fraction of sp³-hybridized carbons (Fsp3) is 0.667. The molecule has 0 spiro atoms. The average Bonchev–Trinajstić information content (AvgIpc) is 3.25. The summed E-state index contributed by atoms with van der Waals surface area (Å²) in [6, 6.07) is 11.7. The molecule has 3 atom stereocenters. The highest BCUT2D eigenvalue weighted by atomic mass is 32.2. The predicted molar refractivity (Wildman–Crippen MR) is 106 cm³/mol. The van der Waals surface area contributed by atoms with Gasteiger partial charge in [-0.15, -0.1) is 0 Å². The van der Waals surface area contributed by atoms with E-state index < -0.39 is 0 Å².